The van der Waals surface area contributed by atoms with E-state index in [1.165, 1.54) is 6.92 Å². The quantitative estimate of drug-likeness (QED) is 0.705. The molecular formula is C20H16F2N2O4S. The normalized spacial score (nSPS) is 14.0. The van der Waals surface area contributed by atoms with E-state index in [1.807, 2.05) is 0 Å². The molecule has 0 fully saturated rings. The summed E-state index contributed by atoms with van der Waals surface area (Å²) in [5.41, 5.74) is 0.932. The maximum atomic E-state index is 13.6. The van der Waals surface area contributed by atoms with Crippen LogP contribution in [0.5, 0.6) is 0 Å². The van der Waals surface area contributed by atoms with Crippen LogP contribution >= 0.6 is 11.8 Å². The lowest BCUT2D eigenvalue weighted by atomic mass is 10.1. The predicted molar refractivity (Wildman–Crippen MR) is 106 cm³/mol. The van der Waals surface area contributed by atoms with Crippen molar-refractivity contribution in [1.29, 1.82) is 0 Å². The Morgan fingerprint density at radius 1 is 1.07 bits per heavy atom. The van der Waals surface area contributed by atoms with Gasteiger partial charge in [-0.25, -0.2) is 13.7 Å². The fraction of sp³-hybridized carbons (Fsp3) is 0.150. The lowest BCUT2D eigenvalue weighted by Crippen LogP contribution is -2.31. The van der Waals surface area contributed by atoms with Gasteiger partial charge in [0.05, 0.1) is 22.8 Å². The zero-order chi connectivity index (χ0) is 21.1. The molecule has 3 amide bonds. The van der Waals surface area contributed by atoms with Crippen LogP contribution in [0.1, 0.15) is 12.5 Å². The van der Waals surface area contributed by atoms with Gasteiger partial charge in [-0.1, -0.05) is 12.1 Å². The molecule has 0 saturated carbocycles. The Hall–Kier alpha value is -3.04. The van der Waals surface area contributed by atoms with Gasteiger partial charge in [-0.05, 0) is 29.8 Å². The zero-order valence-corrected chi connectivity index (χ0v) is 16.1. The van der Waals surface area contributed by atoms with E-state index in [-0.39, 0.29) is 34.4 Å². The van der Waals surface area contributed by atoms with Crippen molar-refractivity contribution in [3.05, 3.63) is 64.6 Å². The van der Waals surface area contributed by atoms with Crippen LogP contribution < -0.4 is 10.2 Å². The van der Waals surface area contributed by atoms with Gasteiger partial charge in [-0.15, -0.1) is 11.8 Å². The molecule has 29 heavy (non-hydrogen) atoms. The van der Waals surface area contributed by atoms with Gasteiger partial charge < -0.3 is 10.4 Å². The van der Waals surface area contributed by atoms with Crippen LogP contribution in [0.4, 0.5) is 20.2 Å². The van der Waals surface area contributed by atoms with Crippen LogP contribution in [0.25, 0.3) is 5.57 Å². The molecule has 0 spiro atoms. The molecule has 0 radical (unpaired) electrons. The van der Waals surface area contributed by atoms with E-state index < -0.39 is 23.4 Å². The van der Waals surface area contributed by atoms with Crippen LogP contribution in [-0.4, -0.2) is 35.2 Å². The number of thioether (sulfide) groups is 1. The van der Waals surface area contributed by atoms with Gasteiger partial charge in [-0.2, -0.15) is 0 Å². The molecule has 0 bridgehead atoms. The SMILES string of the molecule is CC(=O)Nc1ccc(C2=C(SCCO)C(=O)N(c3ccc(F)c(F)c3)C2=O)cc1. The average molecular weight is 418 g/mol. The number of aliphatic hydroxyl groups is 1. The molecule has 0 aromatic heterocycles. The molecule has 150 valence electrons. The van der Waals surface area contributed by atoms with Crippen molar-refractivity contribution in [3.63, 3.8) is 0 Å². The number of nitrogens with one attached hydrogen (secondary N) is 1. The Bertz CT molecular complexity index is 1020. The number of benzene rings is 2. The summed E-state index contributed by atoms with van der Waals surface area (Å²) in [6.07, 6.45) is 0. The summed E-state index contributed by atoms with van der Waals surface area (Å²) in [5.74, 6) is -3.72. The number of hydrogen-bond acceptors (Lipinski definition) is 5. The average Bonchev–Trinajstić information content (AvgIpc) is 2.92. The molecule has 2 N–H and O–H groups in total. The number of aliphatic hydroxyl groups excluding tert-OH is 1. The van der Waals surface area contributed by atoms with Crippen LogP contribution in [0.15, 0.2) is 47.4 Å². The highest BCUT2D eigenvalue weighted by atomic mass is 32.2. The number of nitrogens with zero attached hydrogens (tertiary/aromatic N) is 1. The molecule has 1 heterocycles. The lowest BCUT2D eigenvalue weighted by molar-refractivity contribution is -0.120. The minimum Gasteiger partial charge on any atom is -0.396 e. The predicted octanol–water partition coefficient (Wildman–Crippen LogP) is 2.93. The Kier molecular flexibility index (Phi) is 6.09. The lowest BCUT2D eigenvalue weighted by Gasteiger charge is -2.15. The number of hydrogen-bond donors (Lipinski definition) is 2. The molecule has 0 aliphatic carbocycles. The smallest absolute Gasteiger partial charge is 0.272 e. The zero-order valence-electron chi connectivity index (χ0n) is 15.2. The Labute approximate surface area is 169 Å². The highest BCUT2D eigenvalue weighted by Crippen LogP contribution is 2.38. The summed E-state index contributed by atoms with van der Waals surface area (Å²) in [5, 5.41) is 11.7. The summed E-state index contributed by atoms with van der Waals surface area (Å²) < 4.78 is 26.9. The van der Waals surface area contributed by atoms with Gasteiger partial charge >= 0.3 is 0 Å². The maximum Gasteiger partial charge on any atom is 0.272 e. The van der Waals surface area contributed by atoms with Gasteiger partial charge in [0.15, 0.2) is 11.6 Å². The summed E-state index contributed by atoms with van der Waals surface area (Å²) in [4.78, 5) is 38.0. The molecule has 0 atom stereocenters. The molecule has 6 nitrogen and oxygen atoms in total. The van der Waals surface area contributed by atoms with E-state index in [2.05, 4.69) is 5.32 Å². The monoisotopic (exact) mass is 418 g/mol. The highest BCUT2D eigenvalue weighted by Gasteiger charge is 2.40. The summed E-state index contributed by atoms with van der Waals surface area (Å²) in [6.45, 7) is 1.15. The van der Waals surface area contributed by atoms with E-state index in [9.17, 15) is 23.2 Å². The maximum absolute atomic E-state index is 13.6. The van der Waals surface area contributed by atoms with Crippen molar-refractivity contribution in [2.75, 3.05) is 22.6 Å². The number of rotatable bonds is 6. The molecule has 0 saturated heterocycles. The van der Waals surface area contributed by atoms with E-state index in [0.717, 1.165) is 34.9 Å². The number of imide groups is 1. The van der Waals surface area contributed by atoms with Crippen molar-refractivity contribution in [2.24, 2.45) is 0 Å². The van der Waals surface area contributed by atoms with Crippen molar-refractivity contribution in [2.45, 2.75) is 6.92 Å². The number of halogens is 2. The van der Waals surface area contributed by atoms with Crippen LogP contribution in [0.3, 0.4) is 0 Å². The van der Waals surface area contributed by atoms with Crippen LogP contribution in [0.2, 0.25) is 0 Å². The molecule has 0 unspecified atom stereocenters. The van der Waals surface area contributed by atoms with Gasteiger partial charge in [0, 0.05) is 24.4 Å². The second-order valence-electron chi connectivity index (χ2n) is 6.08. The standard InChI is InChI=1S/C20H16F2N2O4S/c1-11(26)23-13-4-2-12(3-5-13)17-18(29-9-8-25)20(28)24(19(17)27)14-6-7-15(21)16(22)10-14/h2-7,10,25H,8-9H2,1H3,(H,23,26). The van der Waals surface area contributed by atoms with Gasteiger partial charge in [-0.3, -0.25) is 14.4 Å². The third-order valence-corrected chi connectivity index (χ3v) is 5.09. The Morgan fingerprint density at radius 2 is 1.76 bits per heavy atom. The minimum absolute atomic E-state index is 0.0903. The second kappa shape index (κ2) is 8.54. The first kappa shape index (κ1) is 20.7. The summed E-state index contributed by atoms with van der Waals surface area (Å²) in [6, 6.07) is 9.06. The second-order valence-corrected chi connectivity index (χ2v) is 7.18. The molecule has 1 aliphatic rings. The minimum atomic E-state index is -1.18. The van der Waals surface area contributed by atoms with E-state index >= 15 is 0 Å². The number of amides is 3. The third-order valence-electron chi connectivity index (χ3n) is 4.03. The largest absolute Gasteiger partial charge is 0.396 e. The van der Waals surface area contributed by atoms with Crippen LogP contribution in [-0.2, 0) is 14.4 Å². The third kappa shape index (κ3) is 4.20. The Balaban J connectivity index is 2.02. The number of carbonyl (C=O) groups excluding carboxylic acids is 3. The van der Waals surface area contributed by atoms with Gasteiger partial charge in [0.1, 0.15) is 0 Å². The molecule has 9 heteroatoms. The number of anilines is 2. The van der Waals surface area contributed by atoms with Crippen molar-refractivity contribution in [3.8, 4) is 0 Å². The number of carbonyl (C=O) groups is 3. The molecule has 3 rings (SSSR count). The Morgan fingerprint density at radius 3 is 2.34 bits per heavy atom. The van der Waals surface area contributed by atoms with Gasteiger partial charge in [0.2, 0.25) is 5.91 Å². The van der Waals surface area contributed by atoms with Crippen molar-refractivity contribution >= 4 is 46.4 Å². The van der Waals surface area contributed by atoms with Crippen LogP contribution in [0, 0.1) is 11.6 Å². The van der Waals surface area contributed by atoms with Crippen molar-refractivity contribution in [1.82, 2.24) is 0 Å². The van der Waals surface area contributed by atoms with Gasteiger partial charge in [0.25, 0.3) is 11.8 Å². The molecule has 2 aromatic rings. The van der Waals surface area contributed by atoms with E-state index in [1.54, 1.807) is 24.3 Å². The molecule has 2 aromatic carbocycles. The fourth-order valence-electron chi connectivity index (χ4n) is 2.83. The van der Waals surface area contributed by atoms with E-state index in [4.69, 9.17) is 5.11 Å². The molecule has 1 aliphatic heterocycles. The van der Waals surface area contributed by atoms with Crippen molar-refractivity contribution < 1.29 is 28.3 Å². The summed E-state index contributed by atoms with van der Waals surface area (Å²) in [7, 11) is 0. The first-order chi connectivity index (χ1) is 13.8. The van der Waals surface area contributed by atoms with E-state index in [0.29, 0.717) is 11.3 Å². The highest BCUT2D eigenvalue weighted by molar-refractivity contribution is 8.04. The first-order valence-corrected chi connectivity index (χ1v) is 9.52. The molecular weight excluding hydrogens is 402 g/mol. The fourth-order valence-corrected chi connectivity index (χ4v) is 3.69. The first-order valence-electron chi connectivity index (χ1n) is 8.53. The summed E-state index contributed by atoms with van der Waals surface area (Å²) >= 11 is 0.999. The topological polar surface area (TPSA) is 86.7 Å².